The smallest absolute Gasteiger partial charge is 0.163 e. The topological polar surface area (TPSA) is 47.0 Å². The molecule has 0 fully saturated rings. The van der Waals surface area contributed by atoms with Crippen molar-refractivity contribution in [2.45, 2.75) is 6.54 Å². The van der Waals surface area contributed by atoms with Crippen LogP contribution in [-0.4, -0.2) is 24.1 Å². The molecule has 18 heavy (non-hydrogen) atoms. The van der Waals surface area contributed by atoms with E-state index in [1.807, 2.05) is 19.2 Å². The maximum atomic E-state index is 5.93. The summed E-state index contributed by atoms with van der Waals surface area (Å²) in [6, 6.07) is 7.29. The quantitative estimate of drug-likeness (QED) is 0.921. The monoisotopic (exact) mass is 263 g/mol. The van der Waals surface area contributed by atoms with Gasteiger partial charge in [0.15, 0.2) is 5.82 Å². The van der Waals surface area contributed by atoms with E-state index in [2.05, 4.69) is 15.3 Å². The Kier molecular flexibility index (Phi) is 4.12. The fraction of sp³-hybridized carbons (Fsp3) is 0.231. The zero-order valence-corrected chi connectivity index (χ0v) is 11.0. The summed E-state index contributed by atoms with van der Waals surface area (Å²) >= 11 is 5.93. The molecule has 1 heterocycles. The molecule has 0 saturated carbocycles. The van der Waals surface area contributed by atoms with E-state index in [1.165, 1.54) is 0 Å². The number of nitrogens with one attached hydrogen (secondary N) is 1. The summed E-state index contributed by atoms with van der Waals surface area (Å²) in [7, 11) is 3.48. The summed E-state index contributed by atoms with van der Waals surface area (Å²) in [5.74, 6) is 1.31. The van der Waals surface area contributed by atoms with E-state index in [9.17, 15) is 0 Å². The van der Waals surface area contributed by atoms with Gasteiger partial charge in [0.05, 0.1) is 18.4 Å². The second kappa shape index (κ2) is 5.80. The molecule has 1 aromatic carbocycles. The van der Waals surface area contributed by atoms with Crippen LogP contribution in [0.3, 0.4) is 0 Å². The van der Waals surface area contributed by atoms with Gasteiger partial charge in [0.2, 0.25) is 0 Å². The molecule has 94 valence electrons. The van der Waals surface area contributed by atoms with Crippen LogP contribution in [0.2, 0.25) is 5.02 Å². The SMILES string of the molecule is CNCc1ccnc(-c2ccc(Cl)cc2OC)n1. The fourth-order valence-electron chi connectivity index (χ4n) is 1.66. The Morgan fingerprint density at radius 2 is 2.17 bits per heavy atom. The molecule has 5 heteroatoms. The van der Waals surface area contributed by atoms with Crippen molar-refractivity contribution in [3.63, 3.8) is 0 Å². The van der Waals surface area contributed by atoms with Gasteiger partial charge in [0.1, 0.15) is 5.75 Å². The predicted octanol–water partition coefficient (Wildman–Crippen LogP) is 2.53. The number of methoxy groups -OCH3 is 1. The maximum absolute atomic E-state index is 5.93. The first-order chi connectivity index (χ1) is 8.74. The number of benzene rings is 1. The minimum Gasteiger partial charge on any atom is -0.496 e. The molecule has 0 atom stereocenters. The van der Waals surface area contributed by atoms with Crippen molar-refractivity contribution >= 4 is 11.6 Å². The van der Waals surface area contributed by atoms with Crippen LogP contribution in [0.1, 0.15) is 5.69 Å². The average Bonchev–Trinajstić information content (AvgIpc) is 2.39. The van der Waals surface area contributed by atoms with Gasteiger partial charge in [-0.1, -0.05) is 11.6 Å². The van der Waals surface area contributed by atoms with E-state index in [-0.39, 0.29) is 0 Å². The molecule has 0 aliphatic heterocycles. The van der Waals surface area contributed by atoms with Crippen molar-refractivity contribution in [2.75, 3.05) is 14.2 Å². The Labute approximate surface area is 111 Å². The lowest BCUT2D eigenvalue weighted by atomic mass is 10.2. The van der Waals surface area contributed by atoms with Crippen LogP contribution >= 0.6 is 11.6 Å². The highest BCUT2D eigenvalue weighted by Crippen LogP contribution is 2.30. The molecule has 0 aliphatic carbocycles. The van der Waals surface area contributed by atoms with Gasteiger partial charge in [-0.15, -0.1) is 0 Å². The maximum Gasteiger partial charge on any atom is 0.163 e. The minimum absolute atomic E-state index is 0.627. The van der Waals surface area contributed by atoms with E-state index in [0.717, 1.165) is 11.3 Å². The lowest BCUT2D eigenvalue weighted by molar-refractivity contribution is 0.416. The largest absolute Gasteiger partial charge is 0.496 e. The minimum atomic E-state index is 0.627. The Morgan fingerprint density at radius 3 is 2.89 bits per heavy atom. The molecular formula is C13H14ClN3O. The number of hydrogen-bond donors (Lipinski definition) is 1. The number of aromatic nitrogens is 2. The Bertz CT molecular complexity index is 546. The molecule has 2 aromatic rings. The summed E-state index contributed by atoms with van der Waals surface area (Å²) in [6.45, 7) is 0.700. The normalized spacial score (nSPS) is 10.4. The molecule has 0 amide bonds. The summed E-state index contributed by atoms with van der Waals surface area (Å²) in [5.41, 5.74) is 1.76. The van der Waals surface area contributed by atoms with Gasteiger partial charge in [-0.25, -0.2) is 9.97 Å². The molecule has 0 spiro atoms. The number of hydrogen-bond acceptors (Lipinski definition) is 4. The third kappa shape index (κ3) is 2.78. The van der Waals surface area contributed by atoms with Crippen molar-refractivity contribution in [3.8, 4) is 17.1 Å². The first-order valence-electron chi connectivity index (χ1n) is 5.55. The highest BCUT2D eigenvalue weighted by atomic mass is 35.5. The number of rotatable bonds is 4. The molecule has 0 unspecified atom stereocenters. The standard InChI is InChI=1S/C13H14ClN3O/c1-15-8-10-5-6-16-13(17-10)11-4-3-9(14)7-12(11)18-2/h3-7,15H,8H2,1-2H3. The van der Waals surface area contributed by atoms with E-state index in [0.29, 0.717) is 23.1 Å². The third-order valence-electron chi connectivity index (χ3n) is 2.48. The zero-order valence-electron chi connectivity index (χ0n) is 10.3. The predicted molar refractivity (Wildman–Crippen MR) is 71.8 cm³/mol. The molecule has 0 aliphatic rings. The van der Waals surface area contributed by atoms with Crippen LogP contribution in [0.4, 0.5) is 0 Å². The third-order valence-corrected chi connectivity index (χ3v) is 2.71. The van der Waals surface area contributed by atoms with Crippen molar-refractivity contribution in [1.82, 2.24) is 15.3 Å². The molecule has 0 bridgehead atoms. The summed E-state index contributed by atoms with van der Waals surface area (Å²) < 4.78 is 5.30. The second-order valence-electron chi connectivity index (χ2n) is 3.75. The van der Waals surface area contributed by atoms with Crippen molar-refractivity contribution in [3.05, 3.63) is 41.2 Å². The van der Waals surface area contributed by atoms with Crippen LogP contribution < -0.4 is 10.1 Å². The van der Waals surface area contributed by atoms with E-state index >= 15 is 0 Å². The Morgan fingerprint density at radius 1 is 1.33 bits per heavy atom. The van der Waals surface area contributed by atoms with Crippen LogP contribution in [0.15, 0.2) is 30.5 Å². The number of ether oxygens (including phenoxy) is 1. The highest BCUT2D eigenvalue weighted by Gasteiger charge is 2.09. The van der Waals surface area contributed by atoms with Gasteiger partial charge in [-0.2, -0.15) is 0 Å². The van der Waals surface area contributed by atoms with Crippen molar-refractivity contribution in [2.24, 2.45) is 0 Å². The highest BCUT2D eigenvalue weighted by molar-refractivity contribution is 6.30. The molecule has 4 nitrogen and oxygen atoms in total. The Hall–Kier alpha value is -1.65. The van der Waals surface area contributed by atoms with Crippen LogP contribution in [0, 0.1) is 0 Å². The summed E-state index contributed by atoms with van der Waals surface area (Å²) in [5, 5.41) is 3.68. The lowest BCUT2D eigenvalue weighted by Crippen LogP contribution is -2.07. The van der Waals surface area contributed by atoms with Gasteiger partial charge in [-0.3, -0.25) is 0 Å². The second-order valence-corrected chi connectivity index (χ2v) is 4.18. The number of nitrogens with zero attached hydrogens (tertiary/aromatic N) is 2. The van der Waals surface area contributed by atoms with Gasteiger partial charge in [0.25, 0.3) is 0 Å². The molecule has 0 radical (unpaired) electrons. The van der Waals surface area contributed by atoms with Crippen LogP contribution in [0.5, 0.6) is 5.75 Å². The van der Waals surface area contributed by atoms with Crippen LogP contribution in [0.25, 0.3) is 11.4 Å². The number of halogens is 1. The van der Waals surface area contributed by atoms with Gasteiger partial charge < -0.3 is 10.1 Å². The van der Waals surface area contributed by atoms with Gasteiger partial charge in [0, 0.05) is 17.8 Å². The van der Waals surface area contributed by atoms with Crippen molar-refractivity contribution < 1.29 is 4.74 Å². The van der Waals surface area contributed by atoms with Crippen LogP contribution in [-0.2, 0) is 6.54 Å². The van der Waals surface area contributed by atoms with E-state index in [4.69, 9.17) is 16.3 Å². The first kappa shape index (κ1) is 12.8. The lowest BCUT2D eigenvalue weighted by Gasteiger charge is -2.08. The molecule has 2 rings (SSSR count). The van der Waals surface area contributed by atoms with Crippen molar-refractivity contribution in [1.29, 1.82) is 0 Å². The van der Waals surface area contributed by atoms with Gasteiger partial charge >= 0.3 is 0 Å². The fourth-order valence-corrected chi connectivity index (χ4v) is 1.82. The summed E-state index contributed by atoms with van der Waals surface area (Å²) in [4.78, 5) is 8.74. The molecular weight excluding hydrogens is 250 g/mol. The zero-order chi connectivity index (χ0) is 13.0. The molecule has 1 N–H and O–H groups in total. The molecule has 1 aromatic heterocycles. The van der Waals surface area contributed by atoms with Gasteiger partial charge in [-0.05, 0) is 31.3 Å². The average molecular weight is 264 g/mol. The summed E-state index contributed by atoms with van der Waals surface area (Å²) in [6.07, 6.45) is 1.74. The Balaban J connectivity index is 2.44. The van der Waals surface area contributed by atoms with E-state index in [1.54, 1.807) is 25.4 Å². The van der Waals surface area contributed by atoms with E-state index < -0.39 is 0 Å². The first-order valence-corrected chi connectivity index (χ1v) is 5.93. The molecule has 0 saturated heterocycles.